The SMILES string of the molecule is CC.O=[N+]([O-])c1cnc2cc3ccccc3cc2c1NCc1ccccc1. The molecule has 1 N–H and O–H groups in total. The van der Waals surface area contributed by atoms with E-state index in [1.165, 1.54) is 6.20 Å². The van der Waals surface area contributed by atoms with Gasteiger partial charge in [-0.25, -0.2) is 4.98 Å². The average Bonchev–Trinajstić information content (AvgIpc) is 2.72. The van der Waals surface area contributed by atoms with Gasteiger partial charge in [-0.1, -0.05) is 68.4 Å². The van der Waals surface area contributed by atoms with Gasteiger partial charge >= 0.3 is 5.69 Å². The molecular weight excluding hydrogens is 338 g/mol. The molecule has 0 saturated carbocycles. The Morgan fingerprint density at radius 1 is 0.963 bits per heavy atom. The molecule has 1 heterocycles. The highest BCUT2D eigenvalue weighted by molar-refractivity contribution is 6.04. The lowest BCUT2D eigenvalue weighted by Gasteiger charge is -2.11. The second-order valence-electron chi connectivity index (χ2n) is 5.83. The first-order chi connectivity index (χ1) is 13.2. The van der Waals surface area contributed by atoms with Crippen LogP contribution in [0.5, 0.6) is 0 Å². The van der Waals surface area contributed by atoms with Gasteiger partial charge in [0.25, 0.3) is 0 Å². The predicted molar refractivity (Wildman–Crippen MR) is 111 cm³/mol. The Hall–Kier alpha value is -3.47. The first-order valence-corrected chi connectivity index (χ1v) is 8.96. The standard InChI is InChI=1S/C20H15N3O2.C2H6/c24-23(25)19-13-21-18-11-16-9-5-4-8-15(16)10-17(18)20(19)22-12-14-6-2-1-3-7-14;1-2/h1-11,13H,12H2,(H,21,22);1-2H3. The summed E-state index contributed by atoms with van der Waals surface area (Å²) >= 11 is 0. The quantitative estimate of drug-likeness (QED) is 0.278. The van der Waals surface area contributed by atoms with Crippen LogP contribution in [-0.2, 0) is 6.54 Å². The molecule has 136 valence electrons. The molecule has 5 heteroatoms. The summed E-state index contributed by atoms with van der Waals surface area (Å²) in [6.45, 7) is 4.51. The van der Waals surface area contributed by atoms with Crippen molar-refractivity contribution in [3.8, 4) is 0 Å². The summed E-state index contributed by atoms with van der Waals surface area (Å²) in [6, 6.07) is 21.6. The third-order valence-corrected chi connectivity index (χ3v) is 4.22. The summed E-state index contributed by atoms with van der Waals surface area (Å²) < 4.78 is 0. The fraction of sp³-hybridized carbons (Fsp3) is 0.136. The summed E-state index contributed by atoms with van der Waals surface area (Å²) in [5, 5.41) is 17.5. The van der Waals surface area contributed by atoms with Crippen LogP contribution in [0.3, 0.4) is 0 Å². The first-order valence-electron chi connectivity index (χ1n) is 8.96. The van der Waals surface area contributed by atoms with Gasteiger partial charge in [0.05, 0.1) is 10.4 Å². The number of rotatable bonds is 4. The Kier molecular flexibility index (Phi) is 5.61. The van der Waals surface area contributed by atoms with Crippen molar-refractivity contribution in [1.29, 1.82) is 0 Å². The number of benzene rings is 3. The third-order valence-electron chi connectivity index (χ3n) is 4.22. The zero-order valence-electron chi connectivity index (χ0n) is 15.3. The number of fused-ring (bicyclic) bond motifs is 2. The minimum absolute atomic E-state index is 0.0151. The molecule has 0 radical (unpaired) electrons. The monoisotopic (exact) mass is 359 g/mol. The van der Waals surface area contributed by atoms with Crippen molar-refractivity contribution in [1.82, 2.24) is 4.98 Å². The van der Waals surface area contributed by atoms with Gasteiger partial charge in [0.15, 0.2) is 0 Å². The molecule has 4 aromatic rings. The van der Waals surface area contributed by atoms with Crippen molar-refractivity contribution >= 4 is 33.1 Å². The Morgan fingerprint density at radius 3 is 2.26 bits per heavy atom. The molecule has 0 spiro atoms. The van der Waals surface area contributed by atoms with Crippen molar-refractivity contribution in [2.24, 2.45) is 0 Å². The van der Waals surface area contributed by atoms with E-state index in [1.54, 1.807) is 0 Å². The third kappa shape index (κ3) is 3.87. The topological polar surface area (TPSA) is 68.1 Å². The molecule has 0 unspecified atom stereocenters. The van der Waals surface area contributed by atoms with Gasteiger partial charge in [-0.15, -0.1) is 0 Å². The van der Waals surface area contributed by atoms with Crippen LogP contribution in [0.4, 0.5) is 11.4 Å². The summed E-state index contributed by atoms with van der Waals surface area (Å²) in [5.74, 6) is 0. The minimum Gasteiger partial charge on any atom is -0.375 e. The lowest BCUT2D eigenvalue weighted by Crippen LogP contribution is -2.04. The number of nitrogens with zero attached hydrogens (tertiary/aromatic N) is 2. The van der Waals surface area contributed by atoms with Crippen LogP contribution in [0, 0.1) is 10.1 Å². The normalized spacial score (nSPS) is 10.3. The van der Waals surface area contributed by atoms with E-state index in [1.807, 2.05) is 80.6 Å². The number of nitro groups is 1. The van der Waals surface area contributed by atoms with Crippen LogP contribution in [-0.4, -0.2) is 9.91 Å². The van der Waals surface area contributed by atoms with Gasteiger partial charge < -0.3 is 5.32 Å². The molecular formula is C22H21N3O2. The highest BCUT2D eigenvalue weighted by Crippen LogP contribution is 2.34. The van der Waals surface area contributed by atoms with Gasteiger partial charge in [-0.2, -0.15) is 0 Å². The molecule has 5 nitrogen and oxygen atoms in total. The van der Waals surface area contributed by atoms with Crippen LogP contribution in [0.2, 0.25) is 0 Å². The maximum atomic E-state index is 11.5. The highest BCUT2D eigenvalue weighted by Gasteiger charge is 2.18. The maximum absolute atomic E-state index is 11.5. The fourth-order valence-corrected chi connectivity index (χ4v) is 2.98. The summed E-state index contributed by atoms with van der Waals surface area (Å²) in [7, 11) is 0. The van der Waals surface area contributed by atoms with Gasteiger partial charge in [0.2, 0.25) is 0 Å². The molecule has 1 aromatic heterocycles. The van der Waals surface area contributed by atoms with Gasteiger partial charge in [0.1, 0.15) is 11.9 Å². The van der Waals surface area contributed by atoms with E-state index < -0.39 is 4.92 Å². The second-order valence-corrected chi connectivity index (χ2v) is 5.83. The number of hydrogen-bond donors (Lipinski definition) is 1. The number of hydrogen-bond acceptors (Lipinski definition) is 4. The molecule has 0 saturated heterocycles. The van der Waals surface area contributed by atoms with Crippen molar-refractivity contribution in [3.05, 3.63) is 88.6 Å². The summed E-state index contributed by atoms with van der Waals surface area (Å²) in [5.41, 5.74) is 2.28. The van der Waals surface area contributed by atoms with E-state index in [-0.39, 0.29) is 5.69 Å². The van der Waals surface area contributed by atoms with Crippen molar-refractivity contribution in [3.63, 3.8) is 0 Å². The van der Waals surface area contributed by atoms with Crippen LogP contribution in [0.1, 0.15) is 19.4 Å². The number of pyridine rings is 1. The van der Waals surface area contributed by atoms with Crippen LogP contribution in [0.15, 0.2) is 72.9 Å². The number of nitrogens with one attached hydrogen (secondary N) is 1. The lowest BCUT2D eigenvalue weighted by atomic mass is 10.1. The van der Waals surface area contributed by atoms with Crippen molar-refractivity contribution < 1.29 is 4.92 Å². The Morgan fingerprint density at radius 2 is 1.59 bits per heavy atom. The number of aromatic nitrogens is 1. The van der Waals surface area contributed by atoms with E-state index in [2.05, 4.69) is 10.3 Å². The predicted octanol–water partition coefficient (Wildman–Crippen LogP) is 5.93. The molecule has 0 aliphatic heterocycles. The van der Waals surface area contributed by atoms with E-state index in [4.69, 9.17) is 0 Å². The van der Waals surface area contributed by atoms with Gasteiger partial charge in [0, 0.05) is 11.9 Å². The van der Waals surface area contributed by atoms with Crippen LogP contribution >= 0.6 is 0 Å². The molecule has 3 aromatic carbocycles. The van der Waals surface area contributed by atoms with Gasteiger partial charge in [-0.3, -0.25) is 10.1 Å². The lowest BCUT2D eigenvalue weighted by molar-refractivity contribution is -0.384. The molecule has 0 aliphatic rings. The van der Waals surface area contributed by atoms with E-state index in [0.717, 1.165) is 27.2 Å². The molecule has 0 atom stereocenters. The first kappa shape index (κ1) is 18.3. The highest BCUT2D eigenvalue weighted by atomic mass is 16.6. The summed E-state index contributed by atoms with van der Waals surface area (Å²) in [6.07, 6.45) is 1.32. The number of anilines is 1. The average molecular weight is 359 g/mol. The molecule has 27 heavy (non-hydrogen) atoms. The van der Waals surface area contributed by atoms with E-state index in [9.17, 15) is 10.1 Å². The molecule has 0 fully saturated rings. The minimum atomic E-state index is -0.394. The van der Waals surface area contributed by atoms with Crippen LogP contribution < -0.4 is 5.32 Å². The molecule has 0 amide bonds. The smallest absolute Gasteiger partial charge is 0.311 e. The summed E-state index contributed by atoms with van der Waals surface area (Å²) in [4.78, 5) is 15.4. The zero-order chi connectivity index (χ0) is 19.2. The fourth-order valence-electron chi connectivity index (χ4n) is 2.98. The largest absolute Gasteiger partial charge is 0.375 e. The second kappa shape index (κ2) is 8.27. The molecule has 4 rings (SSSR count). The van der Waals surface area contributed by atoms with E-state index >= 15 is 0 Å². The van der Waals surface area contributed by atoms with Crippen LogP contribution in [0.25, 0.3) is 21.7 Å². The van der Waals surface area contributed by atoms with Crippen molar-refractivity contribution in [2.75, 3.05) is 5.32 Å². The Labute approximate surface area is 157 Å². The Balaban J connectivity index is 0.00000102. The molecule has 0 bridgehead atoms. The maximum Gasteiger partial charge on any atom is 0.311 e. The van der Waals surface area contributed by atoms with Gasteiger partial charge in [-0.05, 0) is 28.5 Å². The zero-order valence-corrected chi connectivity index (χ0v) is 15.3. The van der Waals surface area contributed by atoms with Crippen molar-refractivity contribution in [2.45, 2.75) is 20.4 Å². The van der Waals surface area contributed by atoms with E-state index in [0.29, 0.717) is 12.2 Å². The Bertz CT molecular complexity index is 1080. The molecule has 0 aliphatic carbocycles.